The molecule has 0 atom stereocenters. The summed E-state index contributed by atoms with van der Waals surface area (Å²) in [5.74, 6) is 0. The first-order chi connectivity index (χ1) is 29.2. The van der Waals surface area contributed by atoms with Crippen LogP contribution < -0.4 is 4.90 Å². The van der Waals surface area contributed by atoms with E-state index in [-0.39, 0.29) is 0 Å². The fraction of sp³-hybridized carbons (Fsp3) is 0. The normalized spacial score (nSPS) is 11.4. The number of nitrogens with zero attached hydrogens (tertiary/aromatic N) is 1. The van der Waals surface area contributed by atoms with Crippen molar-refractivity contribution in [1.82, 2.24) is 0 Å². The molecule has 0 aliphatic heterocycles. The van der Waals surface area contributed by atoms with Gasteiger partial charge in [-0.1, -0.05) is 194 Å². The third-order valence-corrected chi connectivity index (χ3v) is 11.8. The Morgan fingerprint density at radius 2 is 0.729 bits per heavy atom. The van der Waals surface area contributed by atoms with Crippen molar-refractivity contribution < 1.29 is 0 Å². The maximum atomic E-state index is 2.44. The Balaban J connectivity index is 1.11. The summed E-state index contributed by atoms with van der Waals surface area (Å²) in [4.78, 5) is 2.44. The van der Waals surface area contributed by atoms with E-state index in [4.69, 9.17) is 0 Å². The zero-order valence-corrected chi connectivity index (χ0v) is 32.5. The second-order valence-corrected chi connectivity index (χ2v) is 15.3. The first kappa shape index (κ1) is 34.5. The van der Waals surface area contributed by atoms with Crippen molar-refractivity contribution in [2.24, 2.45) is 0 Å². The monoisotopic (exact) mass is 749 g/mol. The van der Waals surface area contributed by atoms with Gasteiger partial charge in [0.1, 0.15) is 0 Å². The average molecular weight is 750 g/mol. The molecule has 0 aromatic heterocycles. The molecule has 0 amide bonds. The summed E-state index contributed by atoms with van der Waals surface area (Å²) < 4.78 is 0. The molecule has 0 heterocycles. The molecular weight excluding hydrogens is 711 g/mol. The Kier molecular flexibility index (Phi) is 8.56. The van der Waals surface area contributed by atoms with Gasteiger partial charge in [-0.05, 0) is 124 Å². The average Bonchev–Trinajstić information content (AvgIpc) is 3.32. The predicted molar refractivity (Wildman–Crippen MR) is 253 cm³/mol. The quantitative estimate of drug-likeness (QED) is 0.147. The van der Waals surface area contributed by atoms with Crippen LogP contribution in [0.1, 0.15) is 0 Å². The minimum atomic E-state index is 1.09. The van der Waals surface area contributed by atoms with Crippen LogP contribution in [0.3, 0.4) is 0 Å². The van der Waals surface area contributed by atoms with Gasteiger partial charge in [-0.3, -0.25) is 0 Å². The zero-order chi connectivity index (χ0) is 39.1. The molecule has 0 fully saturated rings. The van der Waals surface area contributed by atoms with Gasteiger partial charge in [0.2, 0.25) is 0 Å². The van der Waals surface area contributed by atoms with E-state index in [2.05, 4.69) is 241 Å². The van der Waals surface area contributed by atoms with Crippen LogP contribution in [0.15, 0.2) is 237 Å². The van der Waals surface area contributed by atoms with Gasteiger partial charge in [-0.15, -0.1) is 0 Å². The molecule has 11 aromatic rings. The highest BCUT2D eigenvalue weighted by Gasteiger charge is 2.20. The van der Waals surface area contributed by atoms with E-state index in [9.17, 15) is 0 Å². The summed E-state index contributed by atoms with van der Waals surface area (Å²) >= 11 is 0. The van der Waals surface area contributed by atoms with Crippen LogP contribution in [0.25, 0.3) is 87.6 Å². The van der Waals surface area contributed by atoms with Crippen LogP contribution >= 0.6 is 0 Å². The van der Waals surface area contributed by atoms with Crippen molar-refractivity contribution in [2.75, 3.05) is 4.90 Å². The first-order valence-corrected chi connectivity index (χ1v) is 20.3. The number of benzene rings is 11. The van der Waals surface area contributed by atoms with Crippen LogP contribution in [0.2, 0.25) is 0 Å². The van der Waals surface area contributed by atoms with E-state index >= 15 is 0 Å². The molecule has 0 saturated heterocycles. The summed E-state index contributed by atoms with van der Waals surface area (Å²) in [6, 6.07) is 86.3. The van der Waals surface area contributed by atoms with Gasteiger partial charge in [0.25, 0.3) is 0 Å². The number of hydrogen-bond donors (Lipinski definition) is 0. The molecular formula is C58H39N. The molecule has 0 unspecified atom stereocenters. The van der Waals surface area contributed by atoms with Crippen molar-refractivity contribution in [3.63, 3.8) is 0 Å². The highest BCUT2D eigenvalue weighted by atomic mass is 15.1. The molecule has 0 radical (unpaired) electrons. The Labute approximate surface area is 344 Å². The van der Waals surface area contributed by atoms with Crippen molar-refractivity contribution in [2.45, 2.75) is 0 Å². The van der Waals surface area contributed by atoms with Gasteiger partial charge < -0.3 is 4.90 Å². The zero-order valence-electron chi connectivity index (χ0n) is 32.5. The summed E-state index contributed by atoms with van der Waals surface area (Å²) in [7, 11) is 0. The van der Waals surface area contributed by atoms with Crippen molar-refractivity contribution in [1.29, 1.82) is 0 Å². The molecule has 0 spiro atoms. The number of rotatable bonds is 7. The molecule has 0 N–H and O–H groups in total. The molecule has 0 saturated carbocycles. The highest BCUT2D eigenvalue weighted by Crippen LogP contribution is 2.45. The molecule has 276 valence electrons. The van der Waals surface area contributed by atoms with Crippen molar-refractivity contribution >= 4 is 60.2 Å². The van der Waals surface area contributed by atoms with Gasteiger partial charge >= 0.3 is 0 Å². The standard InChI is InChI=1S/C58H39N/c1-4-15-40(16-5-1)49-36-50(41-17-6-2-7-18-41)39-52(38-49)59(56-26-13-12-24-53(56)42-19-8-3-9-20-42)51-23-14-22-46(37-51)47-33-34-55-48(35-47)32-31-45-30-29-44-28-27-43-21-10-11-25-54(43)57(44)58(45)55/h1-39H. The first-order valence-electron chi connectivity index (χ1n) is 20.3. The lowest BCUT2D eigenvalue weighted by Crippen LogP contribution is -2.12. The minimum absolute atomic E-state index is 1.09. The number of hydrogen-bond acceptors (Lipinski definition) is 1. The molecule has 0 aliphatic rings. The van der Waals surface area contributed by atoms with E-state index in [1.54, 1.807) is 0 Å². The van der Waals surface area contributed by atoms with Gasteiger partial charge in [-0.25, -0.2) is 0 Å². The lowest BCUT2D eigenvalue weighted by Gasteiger charge is -2.29. The SMILES string of the molecule is c1ccc(-c2cc(-c3ccccc3)cc(N(c3cccc(-c4ccc5c(ccc6ccc7ccc8ccccc8c7c65)c4)c3)c3ccccc3-c3ccccc3)c2)cc1. The van der Waals surface area contributed by atoms with E-state index in [0.29, 0.717) is 0 Å². The number of fused-ring (bicyclic) bond motifs is 7. The number of para-hydroxylation sites is 1. The Bertz CT molecular complexity index is 3250. The molecule has 0 aliphatic carbocycles. The second-order valence-electron chi connectivity index (χ2n) is 15.3. The topological polar surface area (TPSA) is 3.24 Å². The van der Waals surface area contributed by atoms with Crippen molar-refractivity contribution in [3.8, 4) is 44.5 Å². The summed E-state index contributed by atoms with van der Waals surface area (Å²) in [6.45, 7) is 0. The van der Waals surface area contributed by atoms with Crippen LogP contribution in [-0.2, 0) is 0 Å². The molecule has 1 heteroatoms. The highest BCUT2D eigenvalue weighted by molar-refractivity contribution is 6.27. The van der Waals surface area contributed by atoms with Crippen LogP contribution in [-0.4, -0.2) is 0 Å². The Morgan fingerprint density at radius 3 is 1.41 bits per heavy atom. The summed E-state index contributed by atoms with van der Waals surface area (Å²) in [5, 5.41) is 10.2. The maximum absolute atomic E-state index is 2.44. The van der Waals surface area contributed by atoms with Gasteiger partial charge in [-0.2, -0.15) is 0 Å². The molecule has 59 heavy (non-hydrogen) atoms. The van der Waals surface area contributed by atoms with E-state index < -0.39 is 0 Å². The maximum Gasteiger partial charge on any atom is 0.0540 e. The van der Waals surface area contributed by atoms with Gasteiger partial charge in [0, 0.05) is 16.9 Å². The van der Waals surface area contributed by atoms with E-state index in [0.717, 1.165) is 22.6 Å². The smallest absolute Gasteiger partial charge is 0.0540 e. The second kappa shape index (κ2) is 14.6. The van der Waals surface area contributed by atoms with E-state index in [1.165, 1.54) is 82.0 Å². The predicted octanol–water partition coefficient (Wildman–Crippen LogP) is 16.4. The largest absolute Gasteiger partial charge is 0.310 e. The molecule has 1 nitrogen and oxygen atoms in total. The summed E-state index contributed by atoms with van der Waals surface area (Å²) in [5.41, 5.74) is 12.7. The molecule has 0 bridgehead atoms. The molecule has 11 aromatic carbocycles. The van der Waals surface area contributed by atoms with Gasteiger partial charge in [0.05, 0.1) is 5.69 Å². The lowest BCUT2D eigenvalue weighted by molar-refractivity contribution is 1.28. The minimum Gasteiger partial charge on any atom is -0.310 e. The molecule has 11 rings (SSSR count). The fourth-order valence-electron chi connectivity index (χ4n) is 8.95. The third kappa shape index (κ3) is 6.30. The third-order valence-electron chi connectivity index (χ3n) is 11.8. The van der Waals surface area contributed by atoms with Crippen molar-refractivity contribution in [3.05, 3.63) is 237 Å². The van der Waals surface area contributed by atoms with Gasteiger partial charge in [0.15, 0.2) is 0 Å². The van der Waals surface area contributed by atoms with Crippen LogP contribution in [0.4, 0.5) is 17.1 Å². The Morgan fingerprint density at radius 1 is 0.237 bits per heavy atom. The fourth-order valence-corrected chi connectivity index (χ4v) is 8.95. The van der Waals surface area contributed by atoms with Crippen LogP contribution in [0.5, 0.6) is 0 Å². The summed E-state index contributed by atoms with van der Waals surface area (Å²) in [6.07, 6.45) is 0. The number of anilines is 3. The van der Waals surface area contributed by atoms with Crippen LogP contribution in [0, 0.1) is 0 Å². The van der Waals surface area contributed by atoms with E-state index in [1.807, 2.05) is 0 Å². The Hall–Kier alpha value is -7.74. The lowest BCUT2D eigenvalue weighted by atomic mass is 9.91.